The summed E-state index contributed by atoms with van der Waals surface area (Å²) in [5, 5.41) is 6.53. The lowest BCUT2D eigenvalue weighted by Gasteiger charge is -2.31. The van der Waals surface area contributed by atoms with Crippen LogP contribution in [-0.4, -0.2) is 49.1 Å². The Morgan fingerprint density at radius 3 is 2.57 bits per heavy atom. The topological polar surface area (TPSA) is 44.4 Å². The van der Waals surface area contributed by atoms with E-state index in [0.717, 1.165) is 32.6 Å². The molecule has 122 valence electrons. The molecule has 4 nitrogen and oxygen atoms in total. The number of likely N-dealkylation sites (tertiary alicyclic amines) is 1. The van der Waals surface area contributed by atoms with Gasteiger partial charge in [0, 0.05) is 31.6 Å². The van der Waals surface area contributed by atoms with Gasteiger partial charge in [0.1, 0.15) is 0 Å². The molecule has 1 saturated heterocycles. The Balaban J connectivity index is 2.10. The number of carbonyl (C=O) groups excluding carboxylic acids is 1. The Labute approximate surface area is 130 Å². The van der Waals surface area contributed by atoms with E-state index in [9.17, 15) is 4.79 Å². The summed E-state index contributed by atoms with van der Waals surface area (Å²) in [4.78, 5) is 14.2. The van der Waals surface area contributed by atoms with Crippen LogP contribution in [0.1, 0.15) is 53.4 Å². The molecule has 1 atom stereocenters. The highest BCUT2D eigenvalue weighted by atomic mass is 16.1. The fourth-order valence-electron chi connectivity index (χ4n) is 2.47. The van der Waals surface area contributed by atoms with Crippen LogP contribution in [-0.2, 0) is 4.79 Å². The SMILES string of the molecule is CCC(C)NC(=O)CCNC1CCN(CC=C(C)C)CC1. The summed E-state index contributed by atoms with van der Waals surface area (Å²) in [5.74, 6) is 0.165. The molecule has 0 saturated carbocycles. The molecule has 0 aromatic rings. The Morgan fingerprint density at radius 1 is 1.33 bits per heavy atom. The van der Waals surface area contributed by atoms with E-state index < -0.39 is 0 Å². The van der Waals surface area contributed by atoms with Gasteiger partial charge in [-0.15, -0.1) is 0 Å². The normalized spacial score (nSPS) is 18.3. The fourth-order valence-corrected chi connectivity index (χ4v) is 2.47. The first-order chi connectivity index (χ1) is 10.0. The molecule has 0 radical (unpaired) electrons. The van der Waals surface area contributed by atoms with Crippen molar-refractivity contribution in [2.24, 2.45) is 0 Å². The molecule has 1 fully saturated rings. The van der Waals surface area contributed by atoms with Crippen molar-refractivity contribution in [2.75, 3.05) is 26.2 Å². The van der Waals surface area contributed by atoms with Gasteiger partial charge >= 0.3 is 0 Å². The van der Waals surface area contributed by atoms with Crippen molar-refractivity contribution in [3.63, 3.8) is 0 Å². The van der Waals surface area contributed by atoms with Crippen LogP contribution in [0, 0.1) is 0 Å². The van der Waals surface area contributed by atoms with Gasteiger partial charge in [-0.1, -0.05) is 18.6 Å². The Kier molecular flexibility index (Phi) is 8.62. The molecule has 2 N–H and O–H groups in total. The lowest BCUT2D eigenvalue weighted by atomic mass is 10.0. The quantitative estimate of drug-likeness (QED) is 0.675. The van der Waals surface area contributed by atoms with Crippen molar-refractivity contribution >= 4 is 5.91 Å². The van der Waals surface area contributed by atoms with Gasteiger partial charge in [-0.05, 0) is 53.1 Å². The van der Waals surface area contributed by atoms with Crippen LogP contribution in [0.25, 0.3) is 0 Å². The summed E-state index contributed by atoms with van der Waals surface area (Å²) < 4.78 is 0. The number of hydrogen-bond acceptors (Lipinski definition) is 3. The molecule has 0 aliphatic carbocycles. The molecule has 21 heavy (non-hydrogen) atoms. The maximum Gasteiger partial charge on any atom is 0.221 e. The lowest BCUT2D eigenvalue weighted by molar-refractivity contribution is -0.121. The predicted molar refractivity (Wildman–Crippen MR) is 89.4 cm³/mol. The maximum absolute atomic E-state index is 11.7. The molecule has 0 aromatic carbocycles. The molecular formula is C17H33N3O. The third-order valence-electron chi connectivity index (χ3n) is 4.15. The van der Waals surface area contributed by atoms with Crippen molar-refractivity contribution in [3.8, 4) is 0 Å². The van der Waals surface area contributed by atoms with Crippen molar-refractivity contribution in [2.45, 2.75) is 65.5 Å². The maximum atomic E-state index is 11.7. The average molecular weight is 295 g/mol. The van der Waals surface area contributed by atoms with Gasteiger partial charge in [-0.2, -0.15) is 0 Å². The molecule has 1 aliphatic rings. The highest BCUT2D eigenvalue weighted by Crippen LogP contribution is 2.10. The summed E-state index contributed by atoms with van der Waals surface area (Å²) in [6.45, 7) is 12.6. The number of rotatable bonds is 8. The third kappa shape index (κ3) is 8.22. The van der Waals surface area contributed by atoms with Crippen LogP contribution in [0.5, 0.6) is 0 Å². The highest BCUT2D eigenvalue weighted by molar-refractivity contribution is 5.76. The van der Waals surface area contributed by atoms with Gasteiger partial charge in [-0.3, -0.25) is 9.69 Å². The second-order valence-corrected chi connectivity index (χ2v) is 6.44. The van der Waals surface area contributed by atoms with E-state index in [1.165, 1.54) is 18.4 Å². The van der Waals surface area contributed by atoms with Gasteiger partial charge in [0.25, 0.3) is 0 Å². The van der Waals surface area contributed by atoms with Crippen molar-refractivity contribution in [3.05, 3.63) is 11.6 Å². The number of hydrogen-bond donors (Lipinski definition) is 2. The number of nitrogens with one attached hydrogen (secondary N) is 2. The van der Waals surface area contributed by atoms with E-state index in [2.05, 4.69) is 42.4 Å². The third-order valence-corrected chi connectivity index (χ3v) is 4.15. The molecule has 1 rings (SSSR count). The predicted octanol–water partition coefficient (Wildman–Crippen LogP) is 2.31. The molecule has 4 heteroatoms. The molecule has 1 amide bonds. The van der Waals surface area contributed by atoms with Gasteiger partial charge < -0.3 is 10.6 Å². The second-order valence-electron chi connectivity index (χ2n) is 6.44. The summed E-state index contributed by atoms with van der Waals surface area (Å²) in [7, 11) is 0. The van der Waals surface area contributed by atoms with E-state index in [0.29, 0.717) is 12.5 Å². The van der Waals surface area contributed by atoms with Gasteiger partial charge in [0.15, 0.2) is 0 Å². The van der Waals surface area contributed by atoms with Gasteiger partial charge in [0.2, 0.25) is 5.91 Å². The van der Waals surface area contributed by atoms with Crippen molar-refractivity contribution in [1.82, 2.24) is 15.5 Å². The standard InChI is InChI=1S/C17H33N3O/c1-5-15(4)19-17(21)6-10-18-16-8-12-20(13-9-16)11-7-14(2)3/h7,15-16,18H,5-6,8-13H2,1-4H3,(H,19,21). The average Bonchev–Trinajstić information content (AvgIpc) is 2.46. The minimum absolute atomic E-state index is 0.165. The lowest BCUT2D eigenvalue weighted by Crippen LogP contribution is -2.43. The molecule has 0 spiro atoms. The van der Waals surface area contributed by atoms with E-state index in [4.69, 9.17) is 0 Å². The van der Waals surface area contributed by atoms with Crippen molar-refractivity contribution < 1.29 is 4.79 Å². The molecule has 1 unspecified atom stereocenters. The van der Waals surface area contributed by atoms with Crippen LogP contribution in [0.3, 0.4) is 0 Å². The van der Waals surface area contributed by atoms with Crippen LogP contribution >= 0.6 is 0 Å². The number of nitrogens with zero attached hydrogens (tertiary/aromatic N) is 1. The first-order valence-corrected chi connectivity index (χ1v) is 8.39. The van der Waals surface area contributed by atoms with E-state index >= 15 is 0 Å². The summed E-state index contributed by atoms with van der Waals surface area (Å²) in [6, 6.07) is 0.861. The summed E-state index contributed by atoms with van der Waals surface area (Å²) >= 11 is 0. The molecule has 0 aromatic heterocycles. The Morgan fingerprint density at radius 2 is 2.00 bits per heavy atom. The Bertz CT molecular complexity index is 329. The molecule has 1 aliphatic heterocycles. The van der Waals surface area contributed by atoms with Crippen LogP contribution in [0.15, 0.2) is 11.6 Å². The molecule has 0 bridgehead atoms. The zero-order valence-corrected chi connectivity index (χ0v) is 14.2. The fraction of sp³-hybridized carbons (Fsp3) is 0.824. The zero-order chi connectivity index (χ0) is 15.7. The van der Waals surface area contributed by atoms with Crippen LogP contribution in [0.2, 0.25) is 0 Å². The van der Waals surface area contributed by atoms with Gasteiger partial charge in [-0.25, -0.2) is 0 Å². The number of piperidine rings is 1. The smallest absolute Gasteiger partial charge is 0.221 e. The first kappa shape index (κ1) is 18.2. The van der Waals surface area contributed by atoms with E-state index in [1.54, 1.807) is 0 Å². The van der Waals surface area contributed by atoms with Crippen molar-refractivity contribution in [1.29, 1.82) is 0 Å². The number of amides is 1. The molecule has 1 heterocycles. The largest absolute Gasteiger partial charge is 0.354 e. The van der Waals surface area contributed by atoms with E-state index in [1.807, 2.05) is 6.92 Å². The number of carbonyl (C=O) groups is 1. The minimum Gasteiger partial charge on any atom is -0.354 e. The monoisotopic (exact) mass is 295 g/mol. The summed E-state index contributed by atoms with van der Waals surface area (Å²) in [6.07, 6.45) is 6.24. The van der Waals surface area contributed by atoms with Crippen LogP contribution in [0.4, 0.5) is 0 Å². The Hall–Kier alpha value is -0.870. The van der Waals surface area contributed by atoms with Gasteiger partial charge in [0.05, 0.1) is 0 Å². The second kappa shape index (κ2) is 9.96. The van der Waals surface area contributed by atoms with Crippen LogP contribution < -0.4 is 10.6 Å². The number of allylic oxidation sites excluding steroid dienone is 1. The zero-order valence-electron chi connectivity index (χ0n) is 14.2. The summed E-state index contributed by atoms with van der Waals surface area (Å²) in [5.41, 5.74) is 1.39. The van der Waals surface area contributed by atoms with E-state index in [-0.39, 0.29) is 11.9 Å². The highest BCUT2D eigenvalue weighted by Gasteiger charge is 2.18. The first-order valence-electron chi connectivity index (χ1n) is 8.39. The minimum atomic E-state index is 0.165. The molecular weight excluding hydrogens is 262 g/mol.